The molecule has 0 amide bonds. The Labute approximate surface area is 357 Å². The van der Waals surface area contributed by atoms with Gasteiger partial charge in [0.15, 0.2) is 5.75 Å². The Kier molecular flexibility index (Phi) is 17.7. The molecule has 1 aliphatic carbocycles. The largest absolute Gasteiger partial charge is 0.494 e. The highest BCUT2D eigenvalue weighted by Crippen LogP contribution is 2.47. The Morgan fingerprint density at radius 1 is 0.667 bits per heavy atom. The molecule has 1 aliphatic heterocycles. The summed E-state index contributed by atoms with van der Waals surface area (Å²) >= 11 is 0. The fraction of sp³-hybridized carbons (Fsp3) is 0.442. The van der Waals surface area contributed by atoms with Crippen LogP contribution < -0.4 is 19.1 Å². The van der Waals surface area contributed by atoms with Crippen molar-refractivity contribution < 1.29 is 38.3 Å². The Hall–Kier alpha value is -4.89. The first kappa shape index (κ1) is 44.7. The standard InChI is InChI=1S/C52H64O8/c1-4-6-7-8-9-13-32-56-44-24-19-42(20-25-44)21-30-51(53)59-45-26-28-47-48-29-27-46(36-50(48)40(3)49(47)35-45)60-58-34-15-16-41-17-22-43(23-18-41)57-33-14-11-10-12-31-54-37-52(5-2)38-55-39-52/h15-30,35-36,40H,4-14,31-34,37-39H2,1-3H3/b16-15?,30-21+. The molecular formula is C52H64O8. The van der Waals surface area contributed by atoms with Gasteiger partial charge in [-0.3, -0.25) is 0 Å². The van der Waals surface area contributed by atoms with Gasteiger partial charge in [0, 0.05) is 24.0 Å². The summed E-state index contributed by atoms with van der Waals surface area (Å²) in [6.45, 7) is 11.7. The molecule has 2 aliphatic rings. The summed E-state index contributed by atoms with van der Waals surface area (Å²) in [6, 6.07) is 27.7. The van der Waals surface area contributed by atoms with Gasteiger partial charge in [0.1, 0.15) is 23.9 Å². The monoisotopic (exact) mass is 816 g/mol. The Balaban J connectivity index is 0.856. The highest BCUT2D eigenvalue weighted by Gasteiger charge is 2.36. The Morgan fingerprint density at radius 2 is 1.22 bits per heavy atom. The molecule has 6 rings (SSSR count). The van der Waals surface area contributed by atoms with E-state index in [1.165, 1.54) is 38.2 Å². The van der Waals surface area contributed by atoms with Crippen LogP contribution in [0.3, 0.4) is 0 Å². The predicted molar refractivity (Wildman–Crippen MR) is 240 cm³/mol. The molecule has 1 fully saturated rings. The van der Waals surface area contributed by atoms with Gasteiger partial charge in [-0.25, -0.2) is 4.79 Å². The van der Waals surface area contributed by atoms with Crippen LogP contribution in [0.4, 0.5) is 0 Å². The molecule has 1 saturated heterocycles. The second-order valence-electron chi connectivity index (χ2n) is 16.2. The van der Waals surface area contributed by atoms with Crippen molar-refractivity contribution in [1.29, 1.82) is 0 Å². The van der Waals surface area contributed by atoms with Crippen molar-refractivity contribution in [1.82, 2.24) is 0 Å². The number of fused-ring (bicyclic) bond motifs is 3. The van der Waals surface area contributed by atoms with Crippen molar-refractivity contribution in [3.8, 4) is 34.1 Å². The van der Waals surface area contributed by atoms with Crippen molar-refractivity contribution in [3.05, 3.63) is 119 Å². The Morgan fingerprint density at radius 3 is 1.82 bits per heavy atom. The lowest BCUT2D eigenvalue weighted by Gasteiger charge is -2.40. The smallest absolute Gasteiger partial charge is 0.336 e. The second kappa shape index (κ2) is 23.8. The summed E-state index contributed by atoms with van der Waals surface area (Å²) in [5.41, 5.74) is 6.73. The molecule has 1 unspecified atom stereocenters. The molecule has 0 bridgehead atoms. The molecule has 0 N–H and O–H groups in total. The zero-order valence-electron chi connectivity index (χ0n) is 36.0. The normalized spacial score (nSPS) is 15.2. The maximum atomic E-state index is 12.7. The van der Waals surface area contributed by atoms with Crippen molar-refractivity contribution >= 4 is 18.1 Å². The zero-order valence-corrected chi connectivity index (χ0v) is 36.0. The van der Waals surface area contributed by atoms with Gasteiger partial charge in [0.05, 0.1) is 33.0 Å². The number of unbranched alkanes of at least 4 members (excludes halogenated alkanes) is 8. The van der Waals surface area contributed by atoms with E-state index in [1.54, 1.807) is 6.08 Å². The Bertz CT molecular complexity index is 1960. The van der Waals surface area contributed by atoms with E-state index in [1.807, 2.05) is 91.0 Å². The number of ether oxygens (including phenoxy) is 5. The van der Waals surface area contributed by atoms with Crippen LogP contribution in [0, 0.1) is 5.41 Å². The summed E-state index contributed by atoms with van der Waals surface area (Å²) in [5.74, 6) is 2.54. The van der Waals surface area contributed by atoms with E-state index in [4.69, 9.17) is 33.5 Å². The molecule has 60 heavy (non-hydrogen) atoms. The number of carbonyl (C=O) groups is 1. The number of rotatable bonds is 27. The van der Waals surface area contributed by atoms with E-state index in [2.05, 4.69) is 26.8 Å². The van der Waals surface area contributed by atoms with E-state index < -0.39 is 5.97 Å². The van der Waals surface area contributed by atoms with Gasteiger partial charge >= 0.3 is 5.97 Å². The average Bonchev–Trinajstić information content (AvgIpc) is 3.53. The van der Waals surface area contributed by atoms with E-state index >= 15 is 0 Å². The lowest BCUT2D eigenvalue weighted by atomic mass is 9.84. The molecule has 1 heterocycles. The highest BCUT2D eigenvalue weighted by molar-refractivity contribution is 5.89. The van der Waals surface area contributed by atoms with Crippen LogP contribution in [0.15, 0.2) is 97.1 Å². The van der Waals surface area contributed by atoms with E-state index in [0.29, 0.717) is 24.7 Å². The number of benzene rings is 4. The first-order valence-corrected chi connectivity index (χ1v) is 22.2. The number of esters is 1. The van der Waals surface area contributed by atoms with E-state index in [-0.39, 0.29) is 11.3 Å². The molecule has 4 aromatic carbocycles. The van der Waals surface area contributed by atoms with Crippen LogP contribution in [0.25, 0.3) is 23.3 Å². The first-order valence-electron chi connectivity index (χ1n) is 22.2. The molecule has 0 spiro atoms. The molecule has 320 valence electrons. The quantitative estimate of drug-likeness (QED) is 0.0147. The van der Waals surface area contributed by atoms with E-state index in [9.17, 15) is 4.79 Å². The summed E-state index contributed by atoms with van der Waals surface area (Å²) in [7, 11) is 0. The third-order valence-electron chi connectivity index (χ3n) is 11.5. The van der Waals surface area contributed by atoms with Crippen molar-refractivity contribution in [3.63, 3.8) is 0 Å². The molecule has 0 saturated carbocycles. The van der Waals surface area contributed by atoms with Gasteiger partial charge in [-0.1, -0.05) is 108 Å². The van der Waals surface area contributed by atoms with Crippen LogP contribution in [0.5, 0.6) is 23.0 Å². The SMILES string of the molecule is CCCCCCCCOc1ccc(/C=C/C(=O)Oc2ccc3c(c2)C(C)c2cc(OOCC=Cc4ccc(OCCCCCCOCC5(CC)COC5)cc4)ccc2-3)cc1. The molecule has 1 atom stereocenters. The van der Waals surface area contributed by atoms with Gasteiger partial charge in [0.25, 0.3) is 0 Å². The van der Waals surface area contributed by atoms with Gasteiger partial charge < -0.3 is 28.6 Å². The van der Waals surface area contributed by atoms with Crippen molar-refractivity contribution in [2.24, 2.45) is 5.41 Å². The van der Waals surface area contributed by atoms with Gasteiger partial charge in [-0.15, -0.1) is 0 Å². The number of carbonyl (C=O) groups excluding carboxylic acids is 1. The maximum Gasteiger partial charge on any atom is 0.336 e. The predicted octanol–water partition coefficient (Wildman–Crippen LogP) is 12.6. The number of hydrogen-bond acceptors (Lipinski definition) is 8. The van der Waals surface area contributed by atoms with Crippen LogP contribution in [-0.2, 0) is 19.2 Å². The summed E-state index contributed by atoms with van der Waals surface area (Å²) in [5, 5.41) is 0. The fourth-order valence-corrected chi connectivity index (χ4v) is 7.55. The number of hydrogen-bond donors (Lipinski definition) is 0. The maximum absolute atomic E-state index is 12.7. The zero-order chi connectivity index (χ0) is 41.8. The minimum atomic E-state index is -0.426. The van der Waals surface area contributed by atoms with Gasteiger partial charge in [-0.2, -0.15) is 4.89 Å². The lowest BCUT2D eigenvalue weighted by Crippen LogP contribution is -2.45. The van der Waals surface area contributed by atoms with Crippen LogP contribution in [-0.4, -0.2) is 52.2 Å². The first-order chi connectivity index (χ1) is 29.4. The van der Waals surface area contributed by atoms with Crippen LogP contribution in [0.2, 0.25) is 0 Å². The summed E-state index contributed by atoms with van der Waals surface area (Å²) in [4.78, 5) is 23.9. The third kappa shape index (κ3) is 13.6. The summed E-state index contributed by atoms with van der Waals surface area (Å²) < 4.78 is 28.8. The lowest BCUT2D eigenvalue weighted by molar-refractivity contribution is -0.195. The van der Waals surface area contributed by atoms with Crippen molar-refractivity contribution in [2.75, 3.05) is 46.2 Å². The molecule has 4 aromatic rings. The third-order valence-corrected chi connectivity index (χ3v) is 11.5. The van der Waals surface area contributed by atoms with Crippen LogP contribution in [0.1, 0.15) is 120 Å². The van der Waals surface area contributed by atoms with Gasteiger partial charge in [-0.05, 0) is 120 Å². The minimum absolute atomic E-state index is 0.0951. The van der Waals surface area contributed by atoms with Crippen LogP contribution >= 0.6 is 0 Å². The average molecular weight is 817 g/mol. The molecule has 0 aromatic heterocycles. The fourth-order valence-electron chi connectivity index (χ4n) is 7.55. The highest BCUT2D eigenvalue weighted by atomic mass is 17.2. The summed E-state index contributed by atoms with van der Waals surface area (Å²) in [6.07, 6.45) is 20.1. The molecule has 0 radical (unpaired) electrons. The van der Waals surface area contributed by atoms with Gasteiger partial charge in [0.2, 0.25) is 0 Å². The molecule has 8 nitrogen and oxygen atoms in total. The topological polar surface area (TPSA) is 81.7 Å². The molecular weight excluding hydrogens is 753 g/mol. The minimum Gasteiger partial charge on any atom is -0.494 e. The molecule has 8 heteroatoms. The van der Waals surface area contributed by atoms with Crippen molar-refractivity contribution in [2.45, 2.75) is 97.3 Å². The second-order valence-corrected chi connectivity index (χ2v) is 16.2. The van der Waals surface area contributed by atoms with E-state index in [0.717, 1.165) is 116 Å².